The predicted octanol–water partition coefficient (Wildman–Crippen LogP) is 3.69. The molecule has 0 fully saturated rings. The molecule has 0 aliphatic heterocycles. The van der Waals surface area contributed by atoms with E-state index in [0.29, 0.717) is 15.6 Å². The molecule has 2 N–H and O–H groups in total. The van der Waals surface area contributed by atoms with Crippen LogP contribution in [0.2, 0.25) is 0 Å². The quantitative estimate of drug-likeness (QED) is 0.576. The van der Waals surface area contributed by atoms with Crippen LogP contribution < -0.4 is 10.3 Å². The van der Waals surface area contributed by atoms with Crippen LogP contribution in [0.3, 0.4) is 0 Å². The smallest absolute Gasteiger partial charge is 0.273 e. The third-order valence-electron chi connectivity index (χ3n) is 4.09. The van der Waals surface area contributed by atoms with E-state index in [1.165, 1.54) is 23.5 Å². The molecule has 6 nitrogen and oxygen atoms in total. The number of nitrogens with one attached hydrogen (secondary N) is 2. The van der Waals surface area contributed by atoms with E-state index in [2.05, 4.69) is 22.2 Å². The lowest BCUT2D eigenvalue weighted by Gasteiger charge is -2.08. The minimum atomic E-state index is -3.85. The Labute approximate surface area is 168 Å². The highest BCUT2D eigenvalue weighted by molar-refractivity contribution is 7.89. The van der Waals surface area contributed by atoms with E-state index >= 15 is 0 Å². The average Bonchev–Trinajstić information content (AvgIpc) is 3.09. The van der Waals surface area contributed by atoms with Crippen LogP contribution in [-0.2, 0) is 16.4 Å². The van der Waals surface area contributed by atoms with Gasteiger partial charge in [0.25, 0.3) is 15.9 Å². The fourth-order valence-electron chi connectivity index (χ4n) is 2.66. The van der Waals surface area contributed by atoms with Crippen molar-refractivity contribution in [2.45, 2.75) is 31.6 Å². The Balaban J connectivity index is 1.70. The Hall–Kier alpha value is -2.55. The van der Waals surface area contributed by atoms with Gasteiger partial charge in [-0.3, -0.25) is 10.2 Å². The SMILES string of the molecule is CCCc1ccc(S(=O)(=O)NNC(=O)c2sc(-c3ccccc3)nc2C)cc1. The molecule has 1 aromatic heterocycles. The minimum Gasteiger partial charge on any atom is -0.273 e. The molecule has 8 heteroatoms. The molecule has 1 amide bonds. The van der Waals surface area contributed by atoms with Crippen molar-refractivity contribution in [2.24, 2.45) is 0 Å². The highest BCUT2D eigenvalue weighted by Crippen LogP contribution is 2.27. The second-order valence-corrected chi connectivity index (χ2v) is 8.93. The van der Waals surface area contributed by atoms with E-state index in [4.69, 9.17) is 0 Å². The van der Waals surface area contributed by atoms with Crippen LogP contribution in [0, 0.1) is 6.92 Å². The molecule has 0 saturated heterocycles. The summed E-state index contributed by atoms with van der Waals surface area (Å²) in [7, 11) is -3.85. The molecule has 3 rings (SSSR count). The predicted molar refractivity (Wildman–Crippen MR) is 111 cm³/mol. The van der Waals surface area contributed by atoms with Crippen molar-refractivity contribution in [2.75, 3.05) is 0 Å². The molecule has 1 heterocycles. The third kappa shape index (κ3) is 4.64. The van der Waals surface area contributed by atoms with Gasteiger partial charge < -0.3 is 0 Å². The van der Waals surface area contributed by atoms with Crippen LogP contribution in [0.15, 0.2) is 59.5 Å². The van der Waals surface area contributed by atoms with Gasteiger partial charge in [-0.1, -0.05) is 55.8 Å². The lowest BCUT2D eigenvalue weighted by Crippen LogP contribution is -2.41. The van der Waals surface area contributed by atoms with Crippen molar-refractivity contribution in [1.82, 2.24) is 15.2 Å². The second kappa shape index (κ2) is 8.64. The first-order chi connectivity index (χ1) is 13.4. The van der Waals surface area contributed by atoms with E-state index in [-0.39, 0.29) is 4.90 Å². The Morgan fingerprint density at radius 3 is 2.39 bits per heavy atom. The summed E-state index contributed by atoms with van der Waals surface area (Å²) >= 11 is 1.22. The van der Waals surface area contributed by atoms with E-state index in [1.54, 1.807) is 19.1 Å². The number of thiazole rings is 1. The number of carbonyl (C=O) groups is 1. The number of benzene rings is 2. The van der Waals surface area contributed by atoms with Crippen molar-refractivity contribution in [3.05, 3.63) is 70.7 Å². The molecule has 0 radical (unpaired) electrons. The molecule has 2 aromatic carbocycles. The van der Waals surface area contributed by atoms with E-state index in [0.717, 1.165) is 24.0 Å². The van der Waals surface area contributed by atoms with Crippen LogP contribution in [0.1, 0.15) is 34.3 Å². The molecule has 0 bridgehead atoms. The maximum atomic E-state index is 12.5. The molecular weight excluding hydrogens is 394 g/mol. The zero-order chi connectivity index (χ0) is 20.1. The number of aromatic nitrogens is 1. The van der Waals surface area contributed by atoms with Gasteiger partial charge in [-0.15, -0.1) is 16.2 Å². The van der Waals surface area contributed by atoms with E-state index in [1.807, 2.05) is 30.3 Å². The highest BCUT2D eigenvalue weighted by Gasteiger charge is 2.19. The standard InChI is InChI=1S/C20H21N3O3S2/c1-3-7-15-10-12-17(13-11-15)28(25,26)23-22-19(24)18-14(2)21-20(27-18)16-8-5-4-6-9-16/h4-6,8-13,23H,3,7H2,1-2H3,(H,22,24). The van der Waals surface area contributed by atoms with Crippen molar-refractivity contribution in [3.63, 3.8) is 0 Å². The van der Waals surface area contributed by atoms with Crippen LogP contribution in [0.25, 0.3) is 10.6 Å². The molecule has 0 unspecified atom stereocenters. The summed E-state index contributed by atoms with van der Waals surface area (Å²) in [6, 6.07) is 16.1. The summed E-state index contributed by atoms with van der Waals surface area (Å²) in [6.07, 6.45) is 1.87. The normalized spacial score (nSPS) is 11.4. The topological polar surface area (TPSA) is 88.2 Å². The van der Waals surface area contributed by atoms with Gasteiger partial charge in [-0.25, -0.2) is 13.4 Å². The average molecular weight is 416 g/mol. The lowest BCUT2D eigenvalue weighted by atomic mass is 10.1. The Bertz CT molecular complexity index is 1060. The van der Waals surface area contributed by atoms with Crippen molar-refractivity contribution < 1.29 is 13.2 Å². The van der Waals surface area contributed by atoms with Gasteiger partial charge in [0.2, 0.25) is 0 Å². The molecule has 0 aliphatic rings. The molecular formula is C20H21N3O3S2. The van der Waals surface area contributed by atoms with E-state index < -0.39 is 15.9 Å². The Kier molecular flexibility index (Phi) is 6.23. The summed E-state index contributed by atoms with van der Waals surface area (Å²) in [5.74, 6) is -0.539. The number of hydrazine groups is 1. The van der Waals surface area contributed by atoms with Crippen molar-refractivity contribution >= 4 is 27.3 Å². The van der Waals surface area contributed by atoms with Crippen LogP contribution in [0.5, 0.6) is 0 Å². The first-order valence-electron chi connectivity index (χ1n) is 8.84. The number of amides is 1. The van der Waals surface area contributed by atoms with E-state index in [9.17, 15) is 13.2 Å². The maximum Gasteiger partial charge on any atom is 0.278 e. The Morgan fingerprint density at radius 1 is 1.07 bits per heavy atom. The Morgan fingerprint density at radius 2 is 1.75 bits per heavy atom. The summed E-state index contributed by atoms with van der Waals surface area (Å²) in [5.41, 5.74) is 4.80. The van der Waals surface area contributed by atoms with Gasteiger partial charge >= 0.3 is 0 Å². The summed E-state index contributed by atoms with van der Waals surface area (Å²) in [4.78, 5) is 19.5. The fraction of sp³-hybridized carbons (Fsp3) is 0.200. The number of hydrogen-bond donors (Lipinski definition) is 2. The molecule has 0 aliphatic carbocycles. The third-order valence-corrected chi connectivity index (χ3v) is 6.56. The summed E-state index contributed by atoms with van der Waals surface area (Å²) < 4.78 is 24.8. The molecule has 28 heavy (non-hydrogen) atoms. The number of nitrogens with zero attached hydrogens (tertiary/aromatic N) is 1. The minimum absolute atomic E-state index is 0.0960. The number of aryl methyl sites for hydroxylation is 2. The molecule has 3 aromatic rings. The van der Waals surface area contributed by atoms with Crippen LogP contribution in [-0.4, -0.2) is 19.3 Å². The summed E-state index contributed by atoms with van der Waals surface area (Å²) in [6.45, 7) is 3.78. The lowest BCUT2D eigenvalue weighted by molar-refractivity contribution is 0.0948. The van der Waals surface area contributed by atoms with Gasteiger partial charge in [0, 0.05) is 5.56 Å². The number of carbonyl (C=O) groups excluding carboxylic acids is 1. The number of rotatable bonds is 7. The van der Waals surface area contributed by atoms with Gasteiger partial charge in [-0.05, 0) is 31.0 Å². The molecule has 0 spiro atoms. The summed E-state index contributed by atoms with van der Waals surface area (Å²) in [5, 5.41) is 0.706. The first kappa shape index (κ1) is 20.2. The van der Waals surface area contributed by atoms with Crippen molar-refractivity contribution in [1.29, 1.82) is 0 Å². The van der Waals surface area contributed by atoms with Gasteiger partial charge in [-0.2, -0.15) is 0 Å². The molecule has 0 atom stereocenters. The first-order valence-corrected chi connectivity index (χ1v) is 11.1. The molecule has 0 saturated carbocycles. The second-order valence-electron chi connectivity index (χ2n) is 6.25. The van der Waals surface area contributed by atoms with Gasteiger partial charge in [0.05, 0.1) is 10.6 Å². The van der Waals surface area contributed by atoms with Gasteiger partial charge in [0.1, 0.15) is 9.88 Å². The van der Waals surface area contributed by atoms with Crippen LogP contribution >= 0.6 is 11.3 Å². The highest BCUT2D eigenvalue weighted by atomic mass is 32.2. The zero-order valence-corrected chi connectivity index (χ0v) is 17.2. The zero-order valence-electron chi connectivity index (χ0n) is 15.6. The number of hydrogen-bond acceptors (Lipinski definition) is 5. The molecule has 146 valence electrons. The number of sulfonamides is 1. The van der Waals surface area contributed by atoms with Gasteiger partial charge in [0.15, 0.2) is 0 Å². The largest absolute Gasteiger partial charge is 0.278 e. The fourth-order valence-corrected chi connectivity index (χ4v) is 4.47. The van der Waals surface area contributed by atoms with Crippen LogP contribution in [0.4, 0.5) is 0 Å². The monoisotopic (exact) mass is 415 g/mol. The maximum absolute atomic E-state index is 12.5. The van der Waals surface area contributed by atoms with Crippen molar-refractivity contribution in [3.8, 4) is 10.6 Å².